The highest BCUT2D eigenvalue weighted by Crippen LogP contribution is 2.36. The Morgan fingerprint density at radius 2 is 2.05 bits per heavy atom. The van der Waals surface area contributed by atoms with Crippen molar-refractivity contribution in [2.24, 2.45) is 0 Å². The van der Waals surface area contributed by atoms with Crippen LogP contribution in [0.15, 0.2) is 40.9 Å². The van der Waals surface area contributed by atoms with Crippen molar-refractivity contribution in [2.75, 3.05) is 0 Å². The Hall–Kier alpha value is -2.28. The summed E-state index contributed by atoms with van der Waals surface area (Å²) in [6.45, 7) is 0. The van der Waals surface area contributed by atoms with Crippen molar-refractivity contribution in [3.05, 3.63) is 62.4 Å². The third-order valence-electron chi connectivity index (χ3n) is 2.45. The number of nitro benzene ring substituents is 1. The lowest BCUT2D eigenvalue weighted by atomic mass is 10.2. The van der Waals surface area contributed by atoms with Gasteiger partial charge in [-0.05, 0) is 40.2 Å². The molecule has 2 aromatic carbocycles. The number of carbonyl (C=O) groups is 1. The van der Waals surface area contributed by atoms with E-state index >= 15 is 0 Å². The number of hydrogen-bond donors (Lipinski definition) is 0. The van der Waals surface area contributed by atoms with E-state index in [1.54, 1.807) is 0 Å². The average molecular weight is 340 g/mol. The second-order valence-corrected chi connectivity index (χ2v) is 4.61. The van der Waals surface area contributed by atoms with Gasteiger partial charge in [-0.15, -0.1) is 0 Å². The van der Waals surface area contributed by atoms with E-state index in [2.05, 4.69) is 15.9 Å². The fraction of sp³-hybridized carbons (Fsp3) is 0. The van der Waals surface area contributed by atoms with Gasteiger partial charge in [0.25, 0.3) is 0 Å². The maximum atomic E-state index is 13.7. The van der Waals surface area contributed by atoms with Crippen LogP contribution in [-0.4, -0.2) is 11.2 Å². The molecule has 2 rings (SSSR count). The van der Waals surface area contributed by atoms with E-state index < -0.39 is 22.2 Å². The number of rotatable bonds is 4. The van der Waals surface area contributed by atoms with Crippen molar-refractivity contribution >= 4 is 27.9 Å². The van der Waals surface area contributed by atoms with Gasteiger partial charge in [0.1, 0.15) is 12.0 Å². The summed E-state index contributed by atoms with van der Waals surface area (Å²) in [5.41, 5.74) is -0.0800. The maximum Gasteiger partial charge on any atom is 0.314 e. The van der Waals surface area contributed by atoms with Crippen molar-refractivity contribution in [3.8, 4) is 11.5 Å². The van der Waals surface area contributed by atoms with Gasteiger partial charge in [0.15, 0.2) is 5.82 Å². The highest BCUT2D eigenvalue weighted by atomic mass is 79.9. The van der Waals surface area contributed by atoms with E-state index in [9.17, 15) is 19.3 Å². The number of nitro groups is 1. The molecule has 0 aliphatic rings. The van der Waals surface area contributed by atoms with Crippen molar-refractivity contribution in [3.63, 3.8) is 0 Å². The van der Waals surface area contributed by atoms with Crippen LogP contribution < -0.4 is 4.74 Å². The molecule has 0 aromatic heterocycles. The quantitative estimate of drug-likeness (QED) is 0.477. The lowest BCUT2D eigenvalue weighted by molar-refractivity contribution is -0.385. The highest BCUT2D eigenvalue weighted by molar-refractivity contribution is 9.10. The molecule has 0 aliphatic heterocycles. The van der Waals surface area contributed by atoms with Gasteiger partial charge in [-0.3, -0.25) is 14.9 Å². The first-order valence-electron chi connectivity index (χ1n) is 5.38. The molecule has 0 fully saturated rings. The van der Waals surface area contributed by atoms with Gasteiger partial charge in [0.2, 0.25) is 5.75 Å². The summed E-state index contributed by atoms with van der Waals surface area (Å²) >= 11 is 3.16. The van der Waals surface area contributed by atoms with Gasteiger partial charge in [-0.25, -0.2) is 4.39 Å². The van der Waals surface area contributed by atoms with Gasteiger partial charge >= 0.3 is 5.69 Å². The minimum Gasteiger partial charge on any atom is -0.446 e. The summed E-state index contributed by atoms with van der Waals surface area (Å²) in [6, 6.07) is 7.78. The molecule has 7 heteroatoms. The van der Waals surface area contributed by atoms with E-state index in [1.807, 2.05) is 0 Å². The molecule has 0 atom stereocenters. The molecule has 5 nitrogen and oxygen atoms in total. The molecule has 0 spiro atoms. The average Bonchev–Trinajstić information content (AvgIpc) is 2.42. The van der Waals surface area contributed by atoms with Crippen LogP contribution in [0.4, 0.5) is 10.1 Å². The lowest BCUT2D eigenvalue weighted by Gasteiger charge is -2.09. The number of hydrogen-bond acceptors (Lipinski definition) is 4. The molecule has 0 unspecified atom stereocenters. The number of aldehydes is 1. The van der Waals surface area contributed by atoms with E-state index in [1.165, 1.54) is 24.3 Å². The smallest absolute Gasteiger partial charge is 0.314 e. The predicted octanol–water partition coefficient (Wildman–Crippen LogP) is 4.10. The van der Waals surface area contributed by atoms with E-state index in [0.717, 1.165) is 12.1 Å². The number of carbonyl (C=O) groups excluding carboxylic acids is 1. The Morgan fingerprint density at radius 3 is 2.65 bits per heavy atom. The van der Waals surface area contributed by atoms with Gasteiger partial charge in [0, 0.05) is 11.6 Å². The SMILES string of the molecule is O=Cc1ccc(Oc2c(F)cccc2[N+](=O)[O-])c(Br)c1. The lowest BCUT2D eigenvalue weighted by Crippen LogP contribution is -1.96. The molecule has 102 valence electrons. The summed E-state index contributed by atoms with van der Waals surface area (Å²) in [5.74, 6) is -1.15. The summed E-state index contributed by atoms with van der Waals surface area (Å²) in [6.07, 6.45) is 0.639. The standard InChI is InChI=1S/C13H7BrFNO4/c14-9-6-8(7-17)4-5-12(9)20-13-10(15)2-1-3-11(13)16(18)19/h1-7H. The molecule has 0 radical (unpaired) electrons. The molecule has 0 heterocycles. The van der Waals surface area contributed by atoms with Gasteiger partial charge in [-0.1, -0.05) is 6.07 Å². The van der Waals surface area contributed by atoms with Gasteiger partial charge in [0.05, 0.1) is 9.40 Å². The Labute approximate surface area is 121 Å². The molecular weight excluding hydrogens is 333 g/mol. The Balaban J connectivity index is 2.44. The zero-order chi connectivity index (χ0) is 14.7. The first kappa shape index (κ1) is 14.1. The Kier molecular flexibility index (Phi) is 4.09. The van der Waals surface area contributed by atoms with Crippen molar-refractivity contribution in [2.45, 2.75) is 0 Å². The molecule has 0 amide bonds. The second-order valence-electron chi connectivity index (χ2n) is 3.75. The van der Waals surface area contributed by atoms with Crippen LogP contribution >= 0.6 is 15.9 Å². The van der Waals surface area contributed by atoms with Crippen molar-refractivity contribution in [1.82, 2.24) is 0 Å². The third kappa shape index (κ3) is 2.83. The van der Waals surface area contributed by atoms with Crippen LogP contribution in [0.25, 0.3) is 0 Å². The van der Waals surface area contributed by atoms with E-state index in [4.69, 9.17) is 4.74 Å². The number of halogens is 2. The first-order chi connectivity index (χ1) is 9.52. The molecule has 0 saturated heterocycles. The largest absolute Gasteiger partial charge is 0.446 e. The minimum absolute atomic E-state index is 0.170. The molecule has 0 bridgehead atoms. The molecule has 0 saturated carbocycles. The van der Waals surface area contributed by atoms with Crippen molar-refractivity contribution < 1.29 is 18.8 Å². The van der Waals surface area contributed by atoms with E-state index in [0.29, 0.717) is 16.3 Å². The zero-order valence-corrected chi connectivity index (χ0v) is 11.5. The van der Waals surface area contributed by atoms with Gasteiger partial charge in [-0.2, -0.15) is 0 Å². The molecule has 0 N–H and O–H groups in total. The van der Waals surface area contributed by atoms with Crippen LogP contribution in [0, 0.1) is 15.9 Å². The predicted molar refractivity (Wildman–Crippen MR) is 72.7 cm³/mol. The van der Waals surface area contributed by atoms with Crippen molar-refractivity contribution in [1.29, 1.82) is 0 Å². The topological polar surface area (TPSA) is 69.4 Å². The van der Waals surface area contributed by atoms with Crippen LogP contribution in [0.2, 0.25) is 0 Å². The Bertz CT molecular complexity index is 690. The minimum atomic E-state index is -0.842. The summed E-state index contributed by atoms with van der Waals surface area (Å²) < 4.78 is 19.3. The number of nitrogens with zero attached hydrogens (tertiary/aromatic N) is 1. The second kappa shape index (κ2) is 5.79. The van der Waals surface area contributed by atoms with Gasteiger partial charge < -0.3 is 4.74 Å². The fourth-order valence-electron chi connectivity index (χ4n) is 1.53. The normalized spacial score (nSPS) is 10.1. The fourth-order valence-corrected chi connectivity index (χ4v) is 2.00. The number of ether oxygens (including phenoxy) is 1. The number of para-hydroxylation sites is 1. The highest BCUT2D eigenvalue weighted by Gasteiger charge is 2.21. The molecule has 2 aromatic rings. The third-order valence-corrected chi connectivity index (χ3v) is 3.07. The van der Waals surface area contributed by atoms with Crippen LogP contribution in [0.1, 0.15) is 10.4 Å². The Morgan fingerprint density at radius 1 is 1.30 bits per heavy atom. The summed E-state index contributed by atoms with van der Waals surface area (Å²) in [7, 11) is 0. The molecule has 0 aliphatic carbocycles. The zero-order valence-electron chi connectivity index (χ0n) is 9.88. The van der Waals surface area contributed by atoms with Crippen LogP contribution in [0.5, 0.6) is 11.5 Å². The summed E-state index contributed by atoms with van der Waals surface area (Å²) in [5, 5.41) is 10.9. The summed E-state index contributed by atoms with van der Waals surface area (Å²) in [4.78, 5) is 20.7. The van der Waals surface area contributed by atoms with Crippen LogP contribution in [-0.2, 0) is 0 Å². The molecule has 20 heavy (non-hydrogen) atoms. The van der Waals surface area contributed by atoms with Crippen LogP contribution in [0.3, 0.4) is 0 Å². The van der Waals surface area contributed by atoms with E-state index in [-0.39, 0.29) is 5.75 Å². The monoisotopic (exact) mass is 339 g/mol. The maximum absolute atomic E-state index is 13.7. The molecular formula is C13H7BrFNO4. The first-order valence-corrected chi connectivity index (χ1v) is 6.17. The number of benzene rings is 2.